The van der Waals surface area contributed by atoms with E-state index in [9.17, 15) is 29.3 Å². The van der Waals surface area contributed by atoms with Crippen LogP contribution >= 0.6 is 0 Å². The summed E-state index contributed by atoms with van der Waals surface area (Å²) < 4.78 is 5.02. The molecule has 0 radical (unpaired) electrons. The van der Waals surface area contributed by atoms with Gasteiger partial charge in [0, 0.05) is 17.7 Å². The van der Waals surface area contributed by atoms with Crippen molar-refractivity contribution in [1.82, 2.24) is 4.90 Å². The highest BCUT2D eigenvalue weighted by Crippen LogP contribution is 2.56. The third-order valence-corrected chi connectivity index (χ3v) is 6.41. The number of Topliss-reactive ketones (excluding diaryl/α,β-unsaturated/α-hetero) is 1. The first-order valence-electron chi connectivity index (χ1n) is 9.60. The van der Waals surface area contributed by atoms with E-state index in [4.69, 9.17) is 4.74 Å². The molecule has 1 saturated heterocycles. The Morgan fingerprint density at radius 3 is 2.41 bits per heavy atom. The molecular formula is C20H20N2O7. The van der Waals surface area contributed by atoms with Crippen LogP contribution < -0.4 is 0 Å². The molecule has 9 heteroatoms. The van der Waals surface area contributed by atoms with Gasteiger partial charge < -0.3 is 4.74 Å². The summed E-state index contributed by atoms with van der Waals surface area (Å²) in [5.41, 5.74) is -0.205. The first kappa shape index (κ1) is 19.2. The number of benzene rings is 1. The van der Waals surface area contributed by atoms with Crippen molar-refractivity contribution in [2.45, 2.75) is 32.2 Å². The number of likely N-dealkylation sites (tertiary alicyclic amines) is 1. The van der Waals surface area contributed by atoms with Crippen LogP contribution in [0.25, 0.3) is 0 Å². The second-order valence-corrected chi connectivity index (χ2v) is 7.95. The fourth-order valence-corrected chi connectivity index (χ4v) is 5.05. The van der Waals surface area contributed by atoms with Crippen molar-refractivity contribution in [3.05, 3.63) is 39.9 Å². The number of carbonyl (C=O) groups is 4. The van der Waals surface area contributed by atoms with E-state index in [1.807, 2.05) is 0 Å². The number of hydrogen-bond donors (Lipinski definition) is 0. The highest BCUT2D eigenvalue weighted by atomic mass is 16.6. The Morgan fingerprint density at radius 1 is 1.21 bits per heavy atom. The number of nitro benzene ring substituents is 1. The Hall–Kier alpha value is -3.10. The van der Waals surface area contributed by atoms with Crippen LogP contribution in [-0.4, -0.2) is 46.0 Å². The predicted octanol–water partition coefficient (Wildman–Crippen LogP) is 1.74. The fraction of sp³-hybridized carbons (Fsp3) is 0.500. The standard InChI is InChI=1S/C20H20N2O7/c1-10(21-18(24)16-12-5-6-13(7-12)17(16)19(21)25)20(26)29-9-15(23)11-3-2-4-14(8-11)22(27)28/h2-4,8,10,12-13,16-17H,5-7,9H2,1H3/t10-,12-,13+,16-,17+/m1/s1. The van der Waals surface area contributed by atoms with E-state index in [0.29, 0.717) is 0 Å². The number of nitro groups is 1. The number of fused-ring (bicyclic) bond motifs is 5. The third kappa shape index (κ3) is 3.10. The fourth-order valence-electron chi connectivity index (χ4n) is 5.05. The maximum absolute atomic E-state index is 12.8. The summed E-state index contributed by atoms with van der Waals surface area (Å²) in [5, 5.41) is 10.8. The van der Waals surface area contributed by atoms with E-state index in [1.54, 1.807) is 0 Å². The predicted molar refractivity (Wildman–Crippen MR) is 97.5 cm³/mol. The minimum Gasteiger partial charge on any atom is -0.456 e. The summed E-state index contributed by atoms with van der Waals surface area (Å²) in [5.74, 6) is -2.33. The molecule has 2 aliphatic carbocycles. The van der Waals surface area contributed by atoms with Gasteiger partial charge in [-0.2, -0.15) is 0 Å². The van der Waals surface area contributed by atoms with Gasteiger partial charge in [0.2, 0.25) is 17.6 Å². The molecule has 1 aromatic carbocycles. The van der Waals surface area contributed by atoms with Crippen LogP contribution in [0.5, 0.6) is 0 Å². The first-order chi connectivity index (χ1) is 13.8. The molecule has 0 spiro atoms. The average molecular weight is 400 g/mol. The molecule has 2 amide bonds. The first-order valence-corrected chi connectivity index (χ1v) is 9.60. The zero-order valence-corrected chi connectivity index (χ0v) is 15.8. The second-order valence-electron chi connectivity index (χ2n) is 7.95. The summed E-state index contributed by atoms with van der Waals surface area (Å²) >= 11 is 0. The van der Waals surface area contributed by atoms with Gasteiger partial charge in [0.05, 0.1) is 16.8 Å². The summed E-state index contributed by atoms with van der Waals surface area (Å²) in [4.78, 5) is 61.3. The van der Waals surface area contributed by atoms with Crippen LogP contribution in [0.15, 0.2) is 24.3 Å². The normalized spacial score (nSPS) is 28.4. The second kappa shape index (κ2) is 7.06. The average Bonchev–Trinajstić information content (AvgIpc) is 3.39. The highest BCUT2D eigenvalue weighted by molar-refractivity contribution is 6.08. The number of amides is 2. The van der Waals surface area contributed by atoms with E-state index in [2.05, 4.69) is 0 Å². The molecule has 5 atom stereocenters. The molecule has 4 rings (SSSR count). The molecule has 3 aliphatic rings. The maximum Gasteiger partial charge on any atom is 0.329 e. The third-order valence-electron chi connectivity index (χ3n) is 6.41. The number of non-ortho nitro benzene ring substituents is 1. The van der Waals surface area contributed by atoms with Crippen molar-refractivity contribution in [1.29, 1.82) is 0 Å². The van der Waals surface area contributed by atoms with E-state index in [0.717, 1.165) is 30.2 Å². The number of imide groups is 1. The van der Waals surface area contributed by atoms with Crippen LogP contribution in [0.3, 0.4) is 0 Å². The van der Waals surface area contributed by atoms with Gasteiger partial charge in [-0.3, -0.25) is 29.4 Å². The molecule has 2 saturated carbocycles. The molecule has 2 bridgehead atoms. The van der Waals surface area contributed by atoms with Crippen molar-refractivity contribution < 1.29 is 28.8 Å². The number of ether oxygens (including phenoxy) is 1. The number of ketones is 1. The van der Waals surface area contributed by atoms with E-state index < -0.39 is 29.3 Å². The lowest BCUT2D eigenvalue weighted by Gasteiger charge is -2.22. The van der Waals surface area contributed by atoms with Gasteiger partial charge in [-0.25, -0.2) is 4.79 Å². The topological polar surface area (TPSA) is 124 Å². The molecule has 1 aliphatic heterocycles. The van der Waals surface area contributed by atoms with Gasteiger partial charge in [-0.15, -0.1) is 0 Å². The van der Waals surface area contributed by atoms with Crippen molar-refractivity contribution in [3.8, 4) is 0 Å². The van der Waals surface area contributed by atoms with Gasteiger partial charge in [-0.1, -0.05) is 12.1 Å². The monoisotopic (exact) mass is 400 g/mol. The summed E-state index contributed by atoms with van der Waals surface area (Å²) in [7, 11) is 0. The molecule has 1 aromatic rings. The summed E-state index contributed by atoms with van der Waals surface area (Å²) in [6.07, 6.45) is 2.78. The quantitative estimate of drug-likeness (QED) is 0.234. The lowest BCUT2D eigenvalue weighted by atomic mass is 9.81. The minimum absolute atomic E-state index is 0.0408. The Balaban J connectivity index is 1.39. The molecule has 1 heterocycles. The van der Waals surface area contributed by atoms with Crippen LogP contribution in [-0.2, 0) is 19.1 Å². The largest absolute Gasteiger partial charge is 0.456 e. The van der Waals surface area contributed by atoms with Crippen LogP contribution in [0.1, 0.15) is 36.5 Å². The summed E-state index contributed by atoms with van der Waals surface area (Å²) in [6, 6.07) is 3.99. The highest BCUT2D eigenvalue weighted by Gasteiger charge is 2.62. The van der Waals surface area contributed by atoms with E-state index >= 15 is 0 Å². The van der Waals surface area contributed by atoms with E-state index in [1.165, 1.54) is 25.1 Å². The zero-order valence-electron chi connectivity index (χ0n) is 15.8. The zero-order chi connectivity index (χ0) is 20.9. The van der Waals surface area contributed by atoms with Gasteiger partial charge in [0.1, 0.15) is 6.04 Å². The summed E-state index contributed by atoms with van der Waals surface area (Å²) in [6.45, 7) is 0.789. The minimum atomic E-state index is -1.11. The Kier molecular flexibility index (Phi) is 4.68. The maximum atomic E-state index is 12.8. The molecule has 0 N–H and O–H groups in total. The molecule has 3 fully saturated rings. The Bertz CT molecular complexity index is 899. The van der Waals surface area contributed by atoms with Crippen LogP contribution in [0.2, 0.25) is 0 Å². The van der Waals surface area contributed by atoms with Gasteiger partial charge in [-0.05, 0) is 38.0 Å². The van der Waals surface area contributed by atoms with Gasteiger partial charge >= 0.3 is 5.97 Å². The van der Waals surface area contributed by atoms with Crippen LogP contribution in [0, 0.1) is 33.8 Å². The number of hydrogen-bond acceptors (Lipinski definition) is 7. The SMILES string of the molecule is C[C@H](C(=O)OCC(=O)c1cccc([N+](=O)[O-])c1)N1C(=O)[C@@H]2[C@@H]3CC[C@@H](C3)[C@@H]2C1=O. The molecule has 9 nitrogen and oxygen atoms in total. The van der Waals surface area contributed by atoms with Crippen molar-refractivity contribution in [2.24, 2.45) is 23.7 Å². The number of carbonyl (C=O) groups excluding carboxylic acids is 4. The van der Waals surface area contributed by atoms with Gasteiger partial charge in [0.25, 0.3) is 5.69 Å². The van der Waals surface area contributed by atoms with Gasteiger partial charge in [0.15, 0.2) is 6.61 Å². The smallest absolute Gasteiger partial charge is 0.329 e. The number of nitrogens with zero attached hydrogens (tertiary/aromatic N) is 2. The van der Waals surface area contributed by atoms with Crippen LogP contribution in [0.4, 0.5) is 5.69 Å². The lowest BCUT2D eigenvalue weighted by molar-refractivity contribution is -0.384. The van der Waals surface area contributed by atoms with E-state index in [-0.39, 0.29) is 46.7 Å². The molecule has 0 aromatic heterocycles. The molecule has 0 unspecified atom stereocenters. The lowest BCUT2D eigenvalue weighted by Crippen LogP contribution is -2.45. The van der Waals surface area contributed by atoms with Crippen molar-refractivity contribution >= 4 is 29.3 Å². The number of esters is 1. The molecule has 29 heavy (non-hydrogen) atoms. The van der Waals surface area contributed by atoms with Crippen molar-refractivity contribution in [2.75, 3.05) is 6.61 Å². The molecular weight excluding hydrogens is 380 g/mol. The molecule has 152 valence electrons. The number of rotatable bonds is 6. The Labute approximate surface area is 166 Å². The Morgan fingerprint density at radius 2 is 1.83 bits per heavy atom. The van der Waals surface area contributed by atoms with Crippen molar-refractivity contribution in [3.63, 3.8) is 0 Å².